The first-order valence-corrected chi connectivity index (χ1v) is 4.66. The van der Waals surface area contributed by atoms with Crippen molar-refractivity contribution in [3.63, 3.8) is 0 Å². The Balaban J connectivity index is 0. The summed E-state index contributed by atoms with van der Waals surface area (Å²) in [4.78, 5) is 1.85. The minimum absolute atomic E-state index is 0.828. The van der Waals surface area contributed by atoms with Crippen LogP contribution in [0.25, 0.3) is 0 Å². The van der Waals surface area contributed by atoms with Crippen LogP contribution in [0.3, 0.4) is 0 Å². The third-order valence-electron chi connectivity index (χ3n) is 1.52. The highest BCUT2D eigenvalue weighted by atomic mass is 15.1. The van der Waals surface area contributed by atoms with Crippen molar-refractivity contribution < 1.29 is 0 Å². The summed E-state index contributed by atoms with van der Waals surface area (Å²) in [6.45, 7) is 18.8. The molecule has 0 N–H and O–H groups in total. The topological polar surface area (TPSA) is 3.24 Å². The first kappa shape index (κ1) is 15.0. The van der Waals surface area contributed by atoms with Crippen LogP contribution >= 0.6 is 0 Å². The second-order valence-corrected chi connectivity index (χ2v) is 2.34. The highest BCUT2D eigenvalue weighted by molar-refractivity contribution is 5.24. The van der Waals surface area contributed by atoms with Crippen molar-refractivity contribution in [1.29, 1.82) is 0 Å². The SMILES string of the molecule is C=C/C=C\C(=C)N(C)C(=C)C=C.CC. The van der Waals surface area contributed by atoms with Gasteiger partial charge in [-0.15, -0.1) is 0 Å². The third kappa shape index (κ3) is 6.06. The van der Waals surface area contributed by atoms with E-state index in [1.54, 1.807) is 12.2 Å². The van der Waals surface area contributed by atoms with Crippen molar-refractivity contribution in [2.45, 2.75) is 13.8 Å². The molecule has 0 fully saturated rings. The van der Waals surface area contributed by atoms with Gasteiger partial charge in [-0.05, 0) is 12.2 Å². The molecule has 0 aliphatic carbocycles. The highest BCUT2D eigenvalue weighted by Crippen LogP contribution is 2.08. The van der Waals surface area contributed by atoms with E-state index in [9.17, 15) is 0 Å². The van der Waals surface area contributed by atoms with Crippen LogP contribution in [-0.4, -0.2) is 11.9 Å². The molecule has 0 amide bonds. The van der Waals surface area contributed by atoms with E-state index in [-0.39, 0.29) is 0 Å². The second kappa shape index (κ2) is 9.59. The van der Waals surface area contributed by atoms with Gasteiger partial charge in [-0.3, -0.25) is 0 Å². The maximum Gasteiger partial charge on any atom is 0.0334 e. The third-order valence-corrected chi connectivity index (χ3v) is 1.52. The molecule has 0 atom stereocenters. The molecule has 0 heterocycles. The van der Waals surface area contributed by atoms with Gasteiger partial charge >= 0.3 is 0 Å². The molecule has 0 aromatic rings. The molecule has 1 heteroatoms. The van der Waals surface area contributed by atoms with E-state index in [0.717, 1.165) is 11.4 Å². The van der Waals surface area contributed by atoms with E-state index in [2.05, 4.69) is 26.3 Å². The standard InChI is InChI=1S/C11H15N.C2H6/c1-6-8-9-11(4)12(5)10(3)7-2;1-2/h6-9H,1-4H2,5H3;1-2H3/b9-8-;. The lowest BCUT2D eigenvalue weighted by Crippen LogP contribution is -2.12. The fraction of sp³-hybridized carbons (Fsp3) is 0.231. The number of hydrogen-bond acceptors (Lipinski definition) is 1. The van der Waals surface area contributed by atoms with Gasteiger partial charge < -0.3 is 4.90 Å². The Bertz CT molecular complexity index is 234. The number of hydrogen-bond donors (Lipinski definition) is 0. The van der Waals surface area contributed by atoms with E-state index in [0.29, 0.717) is 0 Å². The minimum atomic E-state index is 0.828. The summed E-state index contributed by atoms with van der Waals surface area (Å²) < 4.78 is 0. The average molecular weight is 191 g/mol. The van der Waals surface area contributed by atoms with Crippen LogP contribution in [0.1, 0.15) is 13.8 Å². The van der Waals surface area contributed by atoms with E-state index in [1.807, 2.05) is 37.9 Å². The molecule has 0 rings (SSSR count). The molecule has 0 bridgehead atoms. The fourth-order valence-electron chi connectivity index (χ4n) is 0.612. The predicted octanol–water partition coefficient (Wildman–Crippen LogP) is 3.90. The van der Waals surface area contributed by atoms with E-state index in [1.165, 1.54) is 0 Å². The van der Waals surface area contributed by atoms with Crippen LogP contribution in [0.5, 0.6) is 0 Å². The molecule has 0 spiro atoms. The first-order valence-electron chi connectivity index (χ1n) is 4.66. The lowest BCUT2D eigenvalue weighted by Gasteiger charge is -2.18. The van der Waals surface area contributed by atoms with Gasteiger partial charge in [0.15, 0.2) is 0 Å². The molecular weight excluding hydrogens is 170 g/mol. The summed E-state index contributed by atoms with van der Waals surface area (Å²) in [6, 6.07) is 0. The van der Waals surface area contributed by atoms with E-state index in [4.69, 9.17) is 0 Å². The summed E-state index contributed by atoms with van der Waals surface area (Å²) >= 11 is 0. The summed E-state index contributed by atoms with van der Waals surface area (Å²) in [7, 11) is 1.89. The second-order valence-electron chi connectivity index (χ2n) is 2.34. The lowest BCUT2D eigenvalue weighted by molar-refractivity contribution is 0.559. The molecule has 78 valence electrons. The number of likely N-dealkylation sites (N-methyl/N-ethyl adjacent to an activating group) is 1. The molecule has 0 aliphatic rings. The lowest BCUT2D eigenvalue weighted by atomic mass is 10.3. The van der Waals surface area contributed by atoms with Gasteiger partial charge in [0.05, 0.1) is 0 Å². The smallest absolute Gasteiger partial charge is 0.0334 e. The summed E-state index contributed by atoms with van der Waals surface area (Å²) in [5.74, 6) is 0. The van der Waals surface area contributed by atoms with Crippen LogP contribution in [0.4, 0.5) is 0 Å². The number of rotatable bonds is 5. The Kier molecular flexibility index (Phi) is 10.3. The zero-order chi connectivity index (χ0) is 11.6. The molecule has 0 aliphatic heterocycles. The predicted molar refractivity (Wildman–Crippen MR) is 66.9 cm³/mol. The molecule has 0 saturated heterocycles. The summed E-state index contributed by atoms with van der Waals surface area (Å²) in [6.07, 6.45) is 7.08. The van der Waals surface area contributed by atoms with Crippen LogP contribution in [-0.2, 0) is 0 Å². The summed E-state index contributed by atoms with van der Waals surface area (Å²) in [5.41, 5.74) is 1.69. The van der Waals surface area contributed by atoms with E-state index < -0.39 is 0 Å². The van der Waals surface area contributed by atoms with Gasteiger partial charge in [0.1, 0.15) is 0 Å². The molecule has 0 saturated carbocycles. The maximum absolute atomic E-state index is 3.84. The zero-order valence-electron chi connectivity index (χ0n) is 9.59. The average Bonchev–Trinajstić information content (AvgIpc) is 2.26. The normalized spacial score (nSPS) is 8.50. The van der Waals surface area contributed by atoms with Gasteiger partial charge in [0.2, 0.25) is 0 Å². The molecule has 0 radical (unpaired) electrons. The van der Waals surface area contributed by atoms with Gasteiger partial charge in [-0.1, -0.05) is 52.3 Å². The number of allylic oxidation sites excluding steroid dienone is 4. The van der Waals surface area contributed by atoms with E-state index >= 15 is 0 Å². The quantitative estimate of drug-likeness (QED) is 0.596. The van der Waals surface area contributed by atoms with Crippen LogP contribution < -0.4 is 0 Å². The van der Waals surface area contributed by atoms with Crippen molar-refractivity contribution in [2.24, 2.45) is 0 Å². The molecule has 0 aromatic carbocycles. The summed E-state index contributed by atoms with van der Waals surface area (Å²) in [5, 5.41) is 0. The monoisotopic (exact) mass is 191 g/mol. The molecule has 1 nitrogen and oxygen atoms in total. The molecule has 14 heavy (non-hydrogen) atoms. The molecule has 0 unspecified atom stereocenters. The van der Waals surface area contributed by atoms with Gasteiger partial charge in [-0.2, -0.15) is 0 Å². The fourth-order valence-corrected chi connectivity index (χ4v) is 0.612. The Morgan fingerprint density at radius 3 is 1.93 bits per heavy atom. The van der Waals surface area contributed by atoms with Gasteiger partial charge in [0, 0.05) is 18.4 Å². The van der Waals surface area contributed by atoms with Crippen molar-refractivity contribution in [1.82, 2.24) is 4.90 Å². The number of nitrogens with zero attached hydrogens (tertiary/aromatic N) is 1. The first-order chi connectivity index (χ1) is 6.63. The van der Waals surface area contributed by atoms with Gasteiger partial charge in [0.25, 0.3) is 0 Å². The zero-order valence-corrected chi connectivity index (χ0v) is 9.59. The van der Waals surface area contributed by atoms with Crippen molar-refractivity contribution in [2.75, 3.05) is 7.05 Å². The molecule has 0 aromatic heterocycles. The Morgan fingerprint density at radius 1 is 1.07 bits per heavy atom. The maximum atomic E-state index is 3.84. The minimum Gasteiger partial charge on any atom is -0.346 e. The van der Waals surface area contributed by atoms with Gasteiger partial charge in [-0.25, -0.2) is 0 Å². The Morgan fingerprint density at radius 2 is 1.57 bits per heavy atom. The van der Waals surface area contributed by atoms with Crippen LogP contribution in [0.15, 0.2) is 62.0 Å². The molecular formula is C13H21N. The Labute approximate surface area is 88.4 Å². The van der Waals surface area contributed by atoms with Crippen molar-refractivity contribution in [3.05, 3.63) is 62.0 Å². The van der Waals surface area contributed by atoms with Crippen LogP contribution in [0.2, 0.25) is 0 Å². The Hall–Kier alpha value is -1.50. The van der Waals surface area contributed by atoms with Crippen LogP contribution in [0, 0.1) is 0 Å². The highest BCUT2D eigenvalue weighted by Gasteiger charge is 1.97. The van der Waals surface area contributed by atoms with Crippen molar-refractivity contribution in [3.8, 4) is 0 Å². The van der Waals surface area contributed by atoms with Crippen molar-refractivity contribution >= 4 is 0 Å². The largest absolute Gasteiger partial charge is 0.346 e.